The summed E-state index contributed by atoms with van der Waals surface area (Å²) >= 11 is 6.24. The van der Waals surface area contributed by atoms with E-state index in [9.17, 15) is 9.59 Å². The molecule has 0 saturated heterocycles. The maximum atomic E-state index is 12.6. The van der Waals surface area contributed by atoms with Gasteiger partial charge in [0.1, 0.15) is 12.4 Å². The number of amides is 1. The van der Waals surface area contributed by atoms with Crippen molar-refractivity contribution in [3.05, 3.63) is 40.9 Å². The van der Waals surface area contributed by atoms with Gasteiger partial charge in [-0.15, -0.1) is 5.10 Å². The Bertz CT molecular complexity index is 760. The van der Waals surface area contributed by atoms with Crippen molar-refractivity contribution in [3.8, 4) is 5.69 Å². The first-order valence-corrected chi connectivity index (χ1v) is 8.57. The van der Waals surface area contributed by atoms with Crippen molar-refractivity contribution < 1.29 is 14.7 Å². The van der Waals surface area contributed by atoms with E-state index in [2.05, 4.69) is 10.1 Å². The number of carbonyl (C=O) groups is 2. The molecule has 0 atom stereocenters. The number of rotatable bonds is 8. The zero-order valence-corrected chi connectivity index (χ0v) is 15.0. The Morgan fingerprint density at radius 3 is 2.56 bits per heavy atom. The summed E-state index contributed by atoms with van der Waals surface area (Å²) in [6.07, 6.45) is 2.09. The van der Waals surface area contributed by atoms with Crippen LogP contribution in [0.2, 0.25) is 5.02 Å². The summed E-state index contributed by atoms with van der Waals surface area (Å²) in [7, 11) is 0. The highest BCUT2D eigenvalue weighted by atomic mass is 35.5. The van der Waals surface area contributed by atoms with E-state index in [1.807, 2.05) is 26.0 Å². The minimum absolute atomic E-state index is 0.0157. The second-order valence-corrected chi connectivity index (χ2v) is 5.99. The molecule has 25 heavy (non-hydrogen) atoms. The van der Waals surface area contributed by atoms with Crippen molar-refractivity contribution in [3.63, 3.8) is 0 Å². The highest BCUT2D eigenvalue weighted by molar-refractivity contribution is 6.32. The quantitative estimate of drug-likeness (QED) is 0.778. The molecular formula is C17H21ClN4O3. The fourth-order valence-electron chi connectivity index (χ4n) is 2.46. The molecule has 134 valence electrons. The Morgan fingerprint density at radius 2 is 1.96 bits per heavy atom. The summed E-state index contributed by atoms with van der Waals surface area (Å²) in [5.41, 5.74) is 0.638. The van der Waals surface area contributed by atoms with Crippen LogP contribution in [0.1, 0.15) is 43.1 Å². The van der Waals surface area contributed by atoms with E-state index in [-0.39, 0.29) is 12.4 Å². The summed E-state index contributed by atoms with van der Waals surface area (Å²) < 4.78 is 1.56. The van der Waals surface area contributed by atoms with Crippen molar-refractivity contribution in [2.45, 2.75) is 33.1 Å². The monoisotopic (exact) mass is 364 g/mol. The van der Waals surface area contributed by atoms with Gasteiger partial charge in [0, 0.05) is 13.0 Å². The number of hydrogen-bond donors (Lipinski definition) is 1. The molecular weight excluding hydrogens is 344 g/mol. The molecule has 0 unspecified atom stereocenters. The van der Waals surface area contributed by atoms with Crippen LogP contribution in [0.15, 0.2) is 24.3 Å². The minimum Gasteiger partial charge on any atom is -0.480 e. The molecule has 0 aliphatic rings. The van der Waals surface area contributed by atoms with E-state index in [0.29, 0.717) is 35.9 Å². The number of nitrogens with zero attached hydrogens (tertiary/aromatic N) is 4. The van der Waals surface area contributed by atoms with Gasteiger partial charge < -0.3 is 10.0 Å². The highest BCUT2D eigenvalue weighted by Gasteiger charge is 2.24. The van der Waals surface area contributed by atoms with Crippen molar-refractivity contribution in [1.29, 1.82) is 0 Å². The van der Waals surface area contributed by atoms with Crippen LogP contribution in [0, 0.1) is 0 Å². The van der Waals surface area contributed by atoms with Gasteiger partial charge in [-0.05, 0) is 25.0 Å². The van der Waals surface area contributed by atoms with Gasteiger partial charge in [0.15, 0.2) is 0 Å². The van der Waals surface area contributed by atoms with Gasteiger partial charge in [0.25, 0.3) is 5.91 Å². The molecule has 1 heterocycles. The first-order valence-electron chi connectivity index (χ1n) is 8.19. The van der Waals surface area contributed by atoms with E-state index < -0.39 is 11.9 Å². The number of aromatic nitrogens is 3. The van der Waals surface area contributed by atoms with Gasteiger partial charge in [-0.25, -0.2) is 9.67 Å². The number of aliphatic carboxylic acids is 1. The molecule has 2 aromatic rings. The maximum absolute atomic E-state index is 12.6. The summed E-state index contributed by atoms with van der Waals surface area (Å²) in [5.74, 6) is -0.961. The topological polar surface area (TPSA) is 88.3 Å². The van der Waals surface area contributed by atoms with Gasteiger partial charge in [-0.1, -0.05) is 37.6 Å². The predicted octanol–water partition coefficient (Wildman–Crippen LogP) is 2.81. The second kappa shape index (κ2) is 8.62. The Morgan fingerprint density at radius 1 is 1.24 bits per heavy atom. The molecule has 0 aliphatic carbocycles. The number of carbonyl (C=O) groups excluding carboxylic acids is 1. The molecule has 1 amide bonds. The van der Waals surface area contributed by atoms with Gasteiger partial charge in [0.2, 0.25) is 5.82 Å². The van der Waals surface area contributed by atoms with Crippen molar-refractivity contribution in [2.24, 2.45) is 0 Å². The van der Waals surface area contributed by atoms with Crippen LogP contribution in [0.25, 0.3) is 5.69 Å². The zero-order chi connectivity index (χ0) is 18.4. The number of hydrogen-bond acceptors (Lipinski definition) is 4. The Balaban J connectivity index is 2.42. The first kappa shape index (κ1) is 18.9. The predicted molar refractivity (Wildman–Crippen MR) is 94.2 cm³/mol. The third-order valence-electron chi connectivity index (χ3n) is 3.53. The largest absolute Gasteiger partial charge is 0.480 e. The third kappa shape index (κ3) is 4.57. The first-order chi connectivity index (χ1) is 12.0. The van der Waals surface area contributed by atoms with Crippen molar-refractivity contribution in [1.82, 2.24) is 19.7 Å². The molecule has 1 aromatic heterocycles. The molecule has 0 radical (unpaired) electrons. The van der Waals surface area contributed by atoms with E-state index >= 15 is 0 Å². The molecule has 0 spiro atoms. The number of benzene rings is 1. The molecule has 1 aromatic carbocycles. The van der Waals surface area contributed by atoms with E-state index in [4.69, 9.17) is 16.7 Å². The fraction of sp³-hybridized carbons (Fsp3) is 0.412. The number of para-hydroxylation sites is 1. The molecule has 0 fully saturated rings. The van der Waals surface area contributed by atoms with Crippen molar-refractivity contribution in [2.75, 3.05) is 13.1 Å². The van der Waals surface area contributed by atoms with Gasteiger partial charge >= 0.3 is 5.97 Å². The summed E-state index contributed by atoms with van der Waals surface area (Å²) in [6.45, 7) is 3.83. The number of carboxylic acid groups (broad SMARTS) is 1. The zero-order valence-electron chi connectivity index (χ0n) is 14.3. The summed E-state index contributed by atoms with van der Waals surface area (Å²) in [5, 5.41) is 13.8. The lowest BCUT2D eigenvalue weighted by molar-refractivity contribution is -0.137. The fourth-order valence-corrected chi connectivity index (χ4v) is 2.68. The Kier molecular flexibility index (Phi) is 6.52. The van der Waals surface area contributed by atoms with E-state index in [1.165, 1.54) is 4.90 Å². The lowest BCUT2D eigenvalue weighted by atomic mass is 10.3. The van der Waals surface area contributed by atoms with Gasteiger partial charge in [-0.3, -0.25) is 9.59 Å². The van der Waals surface area contributed by atoms with Crippen LogP contribution in [-0.4, -0.2) is 49.7 Å². The average molecular weight is 365 g/mol. The van der Waals surface area contributed by atoms with Gasteiger partial charge in [0.05, 0.1) is 10.7 Å². The number of halogens is 1. The normalized spacial score (nSPS) is 10.7. The lowest BCUT2D eigenvalue weighted by Crippen LogP contribution is -2.36. The maximum Gasteiger partial charge on any atom is 0.323 e. The van der Waals surface area contributed by atoms with Gasteiger partial charge in [-0.2, -0.15) is 0 Å². The smallest absolute Gasteiger partial charge is 0.323 e. The molecule has 0 bridgehead atoms. The Hall–Kier alpha value is -2.41. The standard InChI is InChI=1S/C17H21ClN4O3/c1-3-7-14-19-16(17(25)21(10-4-2)11-15(23)24)20-22(14)13-9-6-5-8-12(13)18/h5-6,8-9H,3-4,7,10-11H2,1-2H3,(H,23,24). The lowest BCUT2D eigenvalue weighted by Gasteiger charge is -2.17. The van der Waals surface area contributed by atoms with E-state index in [0.717, 1.165) is 6.42 Å². The molecule has 0 aliphatic heterocycles. The third-order valence-corrected chi connectivity index (χ3v) is 3.85. The number of carboxylic acids is 1. The van der Waals surface area contributed by atoms with Crippen LogP contribution in [0.4, 0.5) is 0 Å². The van der Waals surface area contributed by atoms with Crippen LogP contribution >= 0.6 is 11.6 Å². The average Bonchev–Trinajstić information content (AvgIpc) is 2.98. The number of aryl methyl sites for hydroxylation is 1. The second-order valence-electron chi connectivity index (χ2n) is 5.59. The van der Waals surface area contributed by atoms with Crippen LogP contribution in [0.5, 0.6) is 0 Å². The molecule has 1 N–H and O–H groups in total. The van der Waals surface area contributed by atoms with E-state index in [1.54, 1.807) is 16.8 Å². The molecule has 2 rings (SSSR count). The summed E-state index contributed by atoms with van der Waals surface area (Å²) in [6, 6.07) is 7.17. The molecule has 8 heteroatoms. The SMILES string of the molecule is CCCc1nc(C(=O)N(CCC)CC(=O)O)nn1-c1ccccc1Cl. The molecule has 7 nitrogen and oxygen atoms in total. The van der Waals surface area contributed by atoms with Crippen LogP contribution < -0.4 is 0 Å². The van der Waals surface area contributed by atoms with Crippen LogP contribution in [0.3, 0.4) is 0 Å². The highest BCUT2D eigenvalue weighted by Crippen LogP contribution is 2.21. The Labute approximate surface area is 151 Å². The minimum atomic E-state index is -1.07. The van der Waals surface area contributed by atoms with Crippen molar-refractivity contribution >= 4 is 23.5 Å². The van der Waals surface area contributed by atoms with Crippen LogP contribution in [-0.2, 0) is 11.2 Å². The molecule has 0 saturated carbocycles. The summed E-state index contributed by atoms with van der Waals surface area (Å²) in [4.78, 5) is 29.2.